The number of thioether (sulfide) groups is 1. The van der Waals surface area contributed by atoms with E-state index >= 15 is 0 Å². The molecule has 1 heterocycles. The Morgan fingerprint density at radius 3 is 2.88 bits per heavy atom. The van der Waals surface area contributed by atoms with Gasteiger partial charge in [-0.3, -0.25) is 0 Å². The molecule has 17 heavy (non-hydrogen) atoms. The van der Waals surface area contributed by atoms with Crippen molar-refractivity contribution >= 4 is 23.1 Å². The SMILES string of the molecule is CCCNC1CCCCC1Sc1nnc(C)s1. The van der Waals surface area contributed by atoms with Crippen molar-refractivity contribution in [2.45, 2.75) is 61.6 Å². The summed E-state index contributed by atoms with van der Waals surface area (Å²) in [7, 11) is 0. The molecule has 2 rings (SSSR count). The molecule has 5 heteroatoms. The number of rotatable bonds is 5. The van der Waals surface area contributed by atoms with Gasteiger partial charge in [0.05, 0.1) is 0 Å². The molecular weight excluding hydrogens is 250 g/mol. The summed E-state index contributed by atoms with van der Waals surface area (Å²) < 4.78 is 1.14. The van der Waals surface area contributed by atoms with Gasteiger partial charge >= 0.3 is 0 Å². The first kappa shape index (κ1) is 13.3. The Balaban J connectivity index is 1.91. The van der Waals surface area contributed by atoms with Gasteiger partial charge in [0.2, 0.25) is 0 Å². The second kappa shape index (κ2) is 6.71. The van der Waals surface area contributed by atoms with Crippen LogP contribution in [0.15, 0.2) is 4.34 Å². The van der Waals surface area contributed by atoms with Crippen molar-refractivity contribution in [3.63, 3.8) is 0 Å². The van der Waals surface area contributed by atoms with Crippen molar-refractivity contribution < 1.29 is 0 Å². The maximum atomic E-state index is 4.23. The zero-order chi connectivity index (χ0) is 12.1. The second-order valence-corrected chi connectivity index (χ2v) is 7.26. The van der Waals surface area contributed by atoms with Crippen LogP contribution in [0, 0.1) is 6.92 Å². The number of aromatic nitrogens is 2. The van der Waals surface area contributed by atoms with Crippen molar-refractivity contribution in [1.82, 2.24) is 15.5 Å². The quantitative estimate of drug-likeness (QED) is 0.892. The average molecular weight is 271 g/mol. The van der Waals surface area contributed by atoms with Crippen LogP contribution in [-0.2, 0) is 0 Å². The van der Waals surface area contributed by atoms with Crippen LogP contribution >= 0.6 is 23.1 Å². The number of aryl methyl sites for hydroxylation is 1. The molecule has 0 bridgehead atoms. The fourth-order valence-electron chi connectivity index (χ4n) is 2.26. The molecule has 96 valence electrons. The summed E-state index contributed by atoms with van der Waals surface area (Å²) in [5.74, 6) is 0. The lowest BCUT2D eigenvalue weighted by Gasteiger charge is -2.31. The Morgan fingerprint density at radius 2 is 2.18 bits per heavy atom. The molecule has 1 fully saturated rings. The molecule has 0 amide bonds. The van der Waals surface area contributed by atoms with E-state index in [0.717, 1.165) is 15.9 Å². The zero-order valence-corrected chi connectivity index (χ0v) is 12.2. The minimum Gasteiger partial charge on any atom is -0.313 e. The van der Waals surface area contributed by atoms with Crippen LogP contribution < -0.4 is 5.32 Å². The van der Waals surface area contributed by atoms with Gasteiger partial charge in [0.25, 0.3) is 0 Å². The zero-order valence-electron chi connectivity index (χ0n) is 10.6. The van der Waals surface area contributed by atoms with Crippen molar-refractivity contribution in [1.29, 1.82) is 0 Å². The molecule has 0 radical (unpaired) electrons. The molecule has 2 unspecified atom stereocenters. The minimum absolute atomic E-state index is 0.665. The van der Waals surface area contributed by atoms with Gasteiger partial charge in [-0.05, 0) is 32.7 Å². The van der Waals surface area contributed by atoms with Crippen LogP contribution in [0.25, 0.3) is 0 Å². The summed E-state index contributed by atoms with van der Waals surface area (Å²) in [5, 5.41) is 13.8. The van der Waals surface area contributed by atoms with Crippen LogP contribution in [-0.4, -0.2) is 28.0 Å². The first-order chi connectivity index (χ1) is 8.29. The number of nitrogens with zero attached hydrogens (tertiary/aromatic N) is 2. The predicted octanol–water partition coefficient (Wildman–Crippen LogP) is 3.25. The Hall–Kier alpha value is -0.130. The van der Waals surface area contributed by atoms with Crippen LogP contribution in [0.1, 0.15) is 44.0 Å². The molecule has 0 spiro atoms. The highest BCUT2D eigenvalue weighted by atomic mass is 32.2. The summed E-state index contributed by atoms with van der Waals surface area (Å²) in [6.45, 7) is 5.39. The van der Waals surface area contributed by atoms with E-state index in [1.165, 1.54) is 32.1 Å². The molecule has 1 aliphatic carbocycles. The van der Waals surface area contributed by atoms with Crippen molar-refractivity contribution in [2.75, 3.05) is 6.54 Å². The fraction of sp³-hybridized carbons (Fsp3) is 0.833. The highest BCUT2D eigenvalue weighted by molar-refractivity contribution is 8.01. The lowest BCUT2D eigenvalue weighted by atomic mass is 9.95. The summed E-state index contributed by atoms with van der Waals surface area (Å²) >= 11 is 3.65. The second-order valence-electron chi connectivity index (χ2n) is 4.59. The molecule has 3 nitrogen and oxygen atoms in total. The van der Waals surface area contributed by atoms with E-state index in [1.807, 2.05) is 18.7 Å². The Labute approximate surface area is 112 Å². The van der Waals surface area contributed by atoms with Gasteiger partial charge in [-0.1, -0.05) is 42.9 Å². The van der Waals surface area contributed by atoms with E-state index in [0.29, 0.717) is 11.3 Å². The molecule has 0 aromatic carbocycles. The maximum absolute atomic E-state index is 4.23. The number of hydrogen-bond donors (Lipinski definition) is 1. The van der Waals surface area contributed by atoms with Crippen molar-refractivity contribution in [2.24, 2.45) is 0 Å². The molecule has 1 saturated carbocycles. The third-order valence-corrected chi connectivity index (χ3v) is 5.44. The van der Waals surface area contributed by atoms with Gasteiger partial charge in [-0.25, -0.2) is 0 Å². The van der Waals surface area contributed by atoms with Crippen LogP contribution in [0.3, 0.4) is 0 Å². The standard InChI is InChI=1S/C12H21N3S2/c1-3-8-13-10-6-4-5-7-11(10)17-12-15-14-9(2)16-12/h10-11,13H,3-8H2,1-2H3. The van der Waals surface area contributed by atoms with Crippen LogP contribution in [0.5, 0.6) is 0 Å². The Bertz CT molecular complexity index is 340. The van der Waals surface area contributed by atoms with Crippen LogP contribution in [0.4, 0.5) is 0 Å². The van der Waals surface area contributed by atoms with Gasteiger partial charge in [0.1, 0.15) is 5.01 Å². The lowest BCUT2D eigenvalue weighted by Crippen LogP contribution is -2.40. The normalized spacial score (nSPS) is 25.1. The monoisotopic (exact) mass is 271 g/mol. The van der Waals surface area contributed by atoms with Crippen LogP contribution in [0.2, 0.25) is 0 Å². The molecule has 1 aromatic heterocycles. The molecule has 1 N–H and O–H groups in total. The van der Waals surface area contributed by atoms with E-state index in [4.69, 9.17) is 0 Å². The molecule has 0 aliphatic heterocycles. The van der Waals surface area contributed by atoms with Gasteiger partial charge in [0.15, 0.2) is 4.34 Å². The van der Waals surface area contributed by atoms with Gasteiger partial charge < -0.3 is 5.32 Å². The predicted molar refractivity (Wildman–Crippen MR) is 74.8 cm³/mol. The van der Waals surface area contributed by atoms with E-state index in [1.54, 1.807) is 11.3 Å². The van der Waals surface area contributed by atoms with E-state index < -0.39 is 0 Å². The van der Waals surface area contributed by atoms with Crippen molar-refractivity contribution in [3.05, 3.63) is 5.01 Å². The summed E-state index contributed by atoms with van der Waals surface area (Å²) in [6.07, 6.45) is 6.57. The smallest absolute Gasteiger partial charge is 0.174 e. The maximum Gasteiger partial charge on any atom is 0.174 e. The summed E-state index contributed by atoms with van der Waals surface area (Å²) in [5.41, 5.74) is 0. The summed E-state index contributed by atoms with van der Waals surface area (Å²) in [6, 6.07) is 0.665. The van der Waals surface area contributed by atoms with Gasteiger partial charge in [0, 0.05) is 11.3 Å². The summed E-state index contributed by atoms with van der Waals surface area (Å²) in [4.78, 5) is 0. The Kier molecular flexibility index (Phi) is 5.25. The highest BCUT2D eigenvalue weighted by Gasteiger charge is 2.26. The minimum atomic E-state index is 0.665. The molecular formula is C12H21N3S2. The van der Waals surface area contributed by atoms with E-state index in [2.05, 4.69) is 22.4 Å². The highest BCUT2D eigenvalue weighted by Crippen LogP contribution is 2.35. The lowest BCUT2D eigenvalue weighted by molar-refractivity contribution is 0.384. The first-order valence-corrected chi connectivity index (χ1v) is 8.19. The first-order valence-electron chi connectivity index (χ1n) is 6.49. The average Bonchev–Trinajstić information content (AvgIpc) is 2.74. The molecule has 1 aromatic rings. The topological polar surface area (TPSA) is 37.8 Å². The fourth-order valence-corrected chi connectivity index (χ4v) is 4.63. The molecule has 0 saturated heterocycles. The third-order valence-electron chi connectivity index (χ3n) is 3.12. The Morgan fingerprint density at radius 1 is 1.35 bits per heavy atom. The van der Waals surface area contributed by atoms with E-state index in [9.17, 15) is 0 Å². The molecule has 2 atom stereocenters. The molecule has 1 aliphatic rings. The van der Waals surface area contributed by atoms with Gasteiger partial charge in [-0.15, -0.1) is 10.2 Å². The number of nitrogens with one attached hydrogen (secondary N) is 1. The third kappa shape index (κ3) is 3.93. The van der Waals surface area contributed by atoms with E-state index in [-0.39, 0.29) is 0 Å². The van der Waals surface area contributed by atoms with Crippen molar-refractivity contribution in [3.8, 4) is 0 Å². The largest absolute Gasteiger partial charge is 0.313 e. The van der Waals surface area contributed by atoms with Gasteiger partial charge in [-0.2, -0.15) is 0 Å². The number of hydrogen-bond acceptors (Lipinski definition) is 5.